The number of carbonyl (C=O) groups excluding carboxylic acids is 1. The number of allylic oxidation sites excluding steroid dienone is 2. The maximum atomic E-state index is 12.6. The third-order valence-corrected chi connectivity index (χ3v) is 4.64. The minimum atomic E-state index is -0.0998. The van der Waals surface area contributed by atoms with Gasteiger partial charge >= 0.3 is 0 Å². The van der Waals surface area contributed by atoms with E-state index in [4.69, 9.17) is 5.41 Å². The van der Waals surface area contributed by atoms with E-state index in [0.29, 0.717) is 29.5 Å². The van der Waals surface area contributed by atoms with Crippen molar-refractivity contribution in [2.75, 3.05) is 0 Å². The van der Waals surface area contributed by atoms with Gasteiger partial charge in [-0.05, 0) is 60.9 Å². The molecule has 1 aromatic rings. The van der Waals surface area contributed by atoms with Crippen molar-refractivity contribution in [1.29, 1.82) is 5.41 Å². The minimum Gasteiger partial charge on any atom is -0.508 e. The highest BCUT2D eigenvalue weighted by molar-refractivity contribution is 5.99. The summed E-state index contributed by atoms with van der Waals surface area (Å²) < 4.78 is 0. The highest BCUT2D eigenvalue weighted by atomic mass is 16.3. The molecule has 0 bridgehead atoms. The van der Waals surface area contributed by atoms with Gasteiger partial charge in [0.2, 0.25) is 0 Å². The smallest absolute Gasteiger partial charge is 0.252 e. The van der Waals surface area contributed by atoms with Gasteiger partial charge in [-0.3, -0.25) is 4.79 Å². The van der Waals surface area contributed by atoms with E-state index in [1.165, 1.54) is 0 Å². The zero-order valence-electron chi connectivity index (χ0n) is 13.5. The Morgan fingerprint density at radius 3 is 2.70 bits per heavy atom. The fraction of sp³-hybridized carbons (Fsp3) is 0.368. The molecule has 1 aromatic carbocycles. The summed E-state index contributed by atoms with van der Waals surface area (Å²) in [4.78, 5) is 12.6. The van der Waals surface area contributed by atoms with Crippen LogP contribution in [0.3, 0.4) is 0 Å². The van der Waals surface area contributed by atoms with E-state index in [9.17, 15) is 9.90 Å². The molecule has 0 aliphatic heterocycles. The predicted octanol–water partition coefficient (Wildman–Crippen LogP) is 3.54. The molecule has 2 aliphatic carbocycles. The first kappa shape index (κ1) is 15.5. The lowest BCUT2D eigenvalue weighted by molar-refractivity contribution is 0.0943. The van der Waals surface area contributed by atoms with Crippen LogP contribution >= 0.6 is 0 Å². The van der Waals surface area contributed by atoms with Crippen molar-refractivity contribution >= 4 is 11.6 Å². The zero-order chi connectivity index (χ0) is 16.6. The van der Waals surface area contributed by atoms with Gasteiger partial charge in [-0.15, -0.1) is 0 Å². The van der Waals surface area contributed by atoms with E-state index in [1.807, 2.05) is 18.2 Å². The third kappa shape index (κ3) is 3.36. The van der Waals surface area contributed by atoms with Gasteiger partial charge in [0.1, 0.15) is 5.75 Å². The van der Waals surface area contributed by atoms with Crippen molar-refractivity contribution in [3.63, 3.8) is 0 Å². The zero-order valence-corrected chi connectivity index (χ0v) is 13.5. The number of hydrogen-bond acceptors (Lipinski definition) is 3. The number of phenols is 1. The second kappa shape index (κ2) is 6.03. The van der Waals surface area contributed by atoms with E-state index in [-0.39, 0.29) is 17.7 Å². The maximum Gasteiger partial charge on any atom is 0.252 e. The number of rotatable bonds is 4. The molecule has 4 heteroatoms. The molecule has 0 spiro atoms. The molecule has 1 saturated carbocycles. The Bertz CT molecular complexity index is 718. The van der Waals surface area contributed by atoms with E-state index in [2.05, 4.69) is 12.2 Å². The van der Waals surface area contributed by atoms with Crippen LogP contribution in [0.15, 0.2) is 42.0 Å². The van der Waals surface area contributed by atoms with Gasteiger partial charge in [0.15, 0.2) is 0 Å². The molecule has 0 heterocycles. The van der Waals surface area contributed by atoms with Crippen LogP contribution < -0.4 is 5.32 Å². The van der Waals surface area contributed by atoms with Crippen LogP contribution in [0.25, 0.3) is 0 Å². The average molecular weight is 310 g/mol. The molecule has 3 atom stereocenters. The largest absolute Gasteiger partial charge is 0.508 e. The van der Waals surface area contributed by atoms with Gasteiger partial charge < -0.3 is 15.8 Å². The monoisotopic (exact) mass is 310 g/mol. The standard InChI is InChI=1S/C19H22N2O2/c1-11-9-17(11)18-10-15(22)7-8-16(18)19(23)21-14-5-3-13(4-6-14)12(2)20/h3-5,7-8,10-11,14,17,20,22H,6,9H2,1-2H3,(H,21,23)/t11-,14?,17?/m0/s1. The Hall–Kier alpha value is -2.36. The van der Waals surface area contributed by atoms with Crippen LogP contribution in [0.5, 0.6) is 5.75 Å². The van der Waals surface area contributed by atoms with Crippen LogP contribution in [-0.2, 0) is 0 Å². The van der Waals surface area contributed by atoms with Crippen molar-refractivity contribution < 1.29 is 9.90 Å². The summed E-state index contributed by atoms with van der Waals surface area (Å²) in [6, 6.07) is 4.94. The molecule has 2 aliphatic rings. The van der Waals surface area contributed by atoms with Gasteiger partial charge in [-0.25, -0.2) is 0 Å². The van der Waals surface area contributed by atoms with Gasteiger partial charge in [0.05, 0.1) is 6.04 Å². The second-order valence-corrected chi connectivity index (χ2v) is 6.55. The molecule has 0 saturated heterocycles. The van der Waals surface area contributed by atoms with Crippen LogP contribution in [-0.4, -0.2) is 22.8 Å². The molecule has 2 unspecified atom stereocenters. The number of benzene rings is 1. The van der Waals surface area contributed by atoms with Crippen LogP contribution in [0.1, 0.15) is 48.5 Å². The highest BCUT2D eigenvalue weighted by Gasteiger charge is 2.36. The van der Waals surface area contributed by atoms with E-state index < -0.39 is 0 Å². The van der Waals surface area contributed by atoms with Gasteiger partial charge in [0.25, 0.3) is 5.91 Å². The van der Waals surface area contributed by atoms with Crippen molar-refractivity contribution in [3.05, 3.63) is 53.1 Å². The molecule has 0 aromatic heterocycles. The fourth-order valence-electron chi connectivity index (χ4n) is 3.07. The Morgan fingerprint density at radius 1 is 1.39 bits per heavy atom. The summed E-state index contributed by atoms with van der Waals surface area (Å²) in [5.41, 5.74) is 3.05. The van der Waals surface area contributed by atoms with E-state index in [0.717, 1.165) is 17.6 Å². The first-order chi connectivity index (χ1) is 11.0. The van der Waals surface area contributed by atoms with Crippen molar-refractivity contribution in [3.8, 4) is 5.75 Å². The summed E-state index contributed by atoms with van der Waals surface area (Å²) in [5.74, 6) is 1.05. The van der Waals surface area contributed by atoms with Gasteiger partial charge in [-0.1, -0.05) is 25.2 Å². The second-order valence-electron chi connectivity index (χ2n) is 6.55. The predicted molar refractivity (Wildman–Crippen MR) is 91.1 cm³/mol. The van der Waals surface area contributed by atoms with E-state index in [1.54, 1.807) is 25.1 Å². The number of aromatic hydroxyl groups is 1. The number of nitrogens with one attached hydrogen (secondary N) is 2. The maximum absolute atomic E-state index is 12.6. The lowest BCUT2D eigenvalue weighted by Gasteiger charge is -2.19. The summed E-state index contributed by atoms with van der Waals surface area (Å²) in [6.45, 7) is 3.92. The molecular weight excluding hydrogens is 288 g/mol. The summed E-state index contributed by atoms with van der Waals surface area (Å²) in [6.07, 6.45) is 7.56. The van der Waals surface area contributed by atoms with Crippen LogP contribution in [0.2, 0.25) is 0 Å². The van der Waals surface area contributed by atoms with Crippen molar-refractivity contribution in [2.45, 2.75) is 38.6 Å². The first-order valence-corrected chi connectivity index (χ1v) is 8.03. The third-order valence-electron chi connectivity index (χ3n) is 4.64. The number of hydrogen-bond donors (Lipinski definition) is 3. The van der Waals surface area contributed by atoms with E-state index >= 15 is 0 Å². The molecule has 120 valence electrons. The molecule has 1 fully saturated rings. The normalized spacial score (nSPS) is 25.7. The minimum absolute atomic E-state index is 0.0520. The summed E-state index contributed by atoms with van der Waals surface area (Å²) >= 11 is 0. The van der Waals surface area contributed by atoms with Crippen LogP contribution in [0, 0.1) is 11.3 Å². The van der Waals surface area contributed by atoms with Crippen molar-refractivity contribution in [2.24, 2.45) is 5.92 Å². The quantitative estimate of drug-likeness (QED) is 0.744. The highest BCUT2D eigenvalue weighted by Crippen LogP contribution is 2.48. The topological polar surface area (TPSA) is 73.2 Å². The molecule has 3 rings (SSSR count). The molecule has 3 N–H and O–H groups in total. The Balaban J connectivity index is 1.73. The Morgan fingerprint density at radius 2 is 2.13 bits per heavy atom. The Labute approximate surface area is 136 Å². The lowest BCUT2D eigenvalue weighted by atomic mass is 9.98. The first-order valence-electron chi connectivity index (χ1n) is 8.03. The van der Waals surface area contributed by atoms with Gasteiger partial charge in [0, 0.05) is 11.3 Å². The fourth-order valence-corrected chi connectivity index (χ4v) is 3.07. The molecule has 23 heavy (non-hydrogen) atoms. The van der Waals surface area contributed by atoms with Crippen molar-refractivity contribution in [1.82, 2.24) is 5.32 Å². The average Bonchev–Trinajstić information content (AvgIpc) is 3.24. The number of phenolic OH excluding ortho intramolecular Hbond substituents is 1. The summed E-state index contributed by atoms with van der Waals surface area (Å²) in [7, 11) is 0. The van der Waals surface area contributed by atoms with Gasteiger partial charge in [-0.2, -0.15) is 0 Å². The lowest BCUT2D eigenvalue weighted by Crippen LogP contribution is -2.34. The molecule has 0 radical (unpaired) electrons. The molecular formula is C19H22N2O2. The van der Waals surface area contributed by atoms with Crippen LogP contribution in [0.4, 0.5) is 0 Å². The SMILES string of the molecule is CC(=N)C1=CCC(NC(=O)c2ccc(O)cc2C2C[C@@H]2C)C=C1. The molecule has 1 amide bonds. The number of amides is 1. The molecule has 4 nitrogen and oxygen atoms in total. The Kier molecular flexibility index (Phi) is 4.07. The summed E-state index contributed by atoms with van der Waals surface area (Å²) in [5, 5.41) is 20.4. The number of carbonyl (C=O) groups is 1.